The largest absolute Gasteiger partial charge is 0.264 e. The first kappa shape index (κ1) is 15.3. The summed E-state index contributed by atoms with van der Waals surface area (Å²) in [5.41, 5.74) is 1.81. The molecule has 23 heavy (non-hydrogen) atoms. The molecule has 1 aromatic heterocycles. The summed E-state index contributed by atoms with van der Waals surface area (Å²) in [4.78, 5) is 0.227. The Kier molecular flexibility index (Phi) is 4.16. The molecule has 6 heteroatoms. The highest BCUT2D eigenvalue weighted by molar-refractivity contribution is 7.92. The number of sulfonamides is 1. The SMILES string of the molecule is Cc1cc(NS(=O)(=O)c2ccccc2)n(Cc2ccccc2)n1. The lowest BCUT2D eigenvalue weighted by molar-refractivity contribution is 0.599. The number of hydrogen-bond acceptors (Lipinski definition) is 3. The molecule has 0 spiro atoms. The molecule has 0 unspecified atom stereocenters. The summed E-state index contributed by atoms with van der Waals surface area (Å²) in [7, 11) is -3.63. The van der Waals surface area contributed by atoms with E-state index in [-0.39, 0.29) is 4.90 Å². The van der Waals surface area contributed by atoms with Crippen LogP contribution in [-0.2, 0) is 16.6 Å². The zero-order valence-electron chi connectivity index (χ0n) is 12.7. The Morgan fingerprint density at radius 1 is 1.00 bits per heavy atom. The maximum Gasteiger partial charge on any atom is 0.263 e. The maximum absolute atomic E-state index is 12.5. The Hall–Kier alpha value is -2.60. The molecule has 118 valence electrons. The van der Waals surface area contributed by atoms with Crippen LogP contribution in [0, 0.1) is 6.92 Å². The van der Waals surface area contributed by atoms with Gasteiger partial charge in [-0.25, -0.2) is 13.1 Å². The first-order valence-electron chi connectivity index (χ1n) is 7.21. The number of benzene rings is 2. The van der Waals surface area contributed by atoms with Crippen LogP contribution in [0.5, 0.6) is 0 Å². The number of anilines is 1. The minimum absolute atomic E-state index is 0.227. The number of rotatable bonds is 5. The van der Waals surface area contributed by atoms with Crippen LogP contribution in [0.25, 0.3) is 0 Å². The fourth-order valence-electron chi connectivity index (χ4n) is 2.30. The van der Waals surface area contributed by atoms with Crippen molar-refractivity contribution in [1.82, 2.24) is 9.78 Å². The molecule has 0 saturated heterocycles. The topological polar surface area (TPSA) is 64.0 Å². The van der Waals surface area contributed by atoms with Crippen LogP contribution in [0.3, 0.4) is 0 Å². The Labute approximate surface area is 135 Å². The highest BCUT2D eigenvalue weighted by atomic mass is 32.2. The molecule has 3 aromatic rings. The summed E-state index contributed by atoms with van der Waals surface area (Å²) < 4.78 is 29.2. The van der Waals surface area contributed by atoms with Crippen molar-refractivity contribution >= 4 is 15.8 Å². The van der Waals surface area contributed by atoms with E-state index in [0.29, 0.717) is 12.4 Å². The average molecular weight is 327 g/mol. The second-order valence-electron chi connectivity index (χ2n) is 5.23. The molecule has 1 N–H and O–H groups in total. The van der Waals surface area contributed by atoms with E-state index >= 15 is 0 Å². The molecule has 0 aliphatic carbocycles. The van der Waals surface area contributed by atoms with Gasteiger partial charge in [0.1, 0.15) is 5.82 Å². The van der Waals surface area contributed by atoms with E-state index < -0.39 is 10.0 Å². The molecule has 0 bridgehead atoms. The van der Waals surface area contributed by atoms with Crippen LogP contribution >= 0.6 is 0 Å². The lowest BCUT2D eigenvalue weighted by Crippen LogP contribution is -2.16. The van der Waals surface area contributed by atoms with Gasteiger partial charge in [-0.05, 0) is 24.6 Å². The fourth-order valence-corrected chi connectivity index (χ4v) is 3.37. The van der Waals surface area contributed by atoms with Crippen LogP contribution < -0.4 is 4.72 Å². The van der Waals surface area contributed by atoms with E-state index in [0.717, 1.165) is 11.3 Å². The second kappa shape index (κ2) is 6.26. The van der Waals surface area contributed by atoms with Crippen molar-refractivity contribution in [2.45, 2.75) is 18.4 Å². The molecule has 0 aliphatic rings. The molecular weight excluding hydrogens is 310 g/mol. The number of nitrogens with one attached hydrogen (secondary N) is 1. The van der Waals surface area contributed by atoms with Crippen molar-refractivity contribution in [2.24, 2.45) is 0 Å². The summed E-state index contributed by atoms with van der Waals surface area (Å²) >= 11 is 0. The van der Waals surface area contributed by atoms with Crippen LogP contribution in [0.4, 0.5) is 5.82 Å². The Morgan fingerprint density at radius 2 is 1.61 bits per heavy atom. The molecule has 5 nitrogen and oxygen atoms in total. The first-order chi connectivity index (χ1) is 11.0. The van der Waals surface area contributed by atoms with Gasteiger partial charge in [-0.15, -0.1) is 0 Å². The van der Waals surface area contributed by atoms with Gasteiger partial charge in [-0.3, -0.25) is 4.72 Å². The third-order valence-corrected chi connectivity index (χ3v) is 4.74. The normalized spacial score (nSPS) is 11.3. The standard InChI is InChI=1S/C17H17N3O2S/c1-14-12-17(19-23(21,22)16-10-6-3-7-11-16)20(18-14)13-15-8-4-2-5-9-15/h2-12,19H,13H2,1H3. The van der Waals surface area contributed by atoms with E-state index in [1.165, 1.54) is 0 Å². The molecule has 0 fully saturated rings. The second-order valence-corrected chi connectivity index (χ2v) is 6.92. The summed E-state index contributed by atoms with van der Waals surface area (Å²) in [5.74, 6) is 0.454. The van der Waals surface area contributed by atoms with Gasteiger partial charge in [0.2, 0.25) is 0 Å². The van der Waals surface area contributed by atoms with Gasteiger partial charge in [-0.2, -0.15) is 5.10 Å². The van der Waals surface area contributed by atoms with Crippen molar-refractivity contribution in [3.8, 4) is 0 Å². The van der Waals surface area contributed by atoms with Crippen LogP contribution in [-0.4, -0.2) is 18.2 Å². The summed E-state index contributed by atoms with van der Waals surface area (Å²) in [6.45, 7) is 2.34. The molecule has 0 amide bonds. The molecule has 0 atom stereocenters. The predicted octanol–water partition coefficient (Wildman–Crippen LogP) is 3.04. The van der Waals surface area contributed by atoms with E-state index in [1.54, 1.807) is 41.1 Å². The van der Waals surface area contributed by atoms with Crippen molar-refractivity contribution in [3.05, 3.63) is 78.0 Å². The summed E-state index contributed by atoms with van der Waals surface area (Å²) in [5, 5.41) is 4.37. The molecule has 2 aromatic carbocycles. The molecule has 0 aliphatic heterocycles. The number of hydrogen-bond donors (Lipinski definition) is 1. The lowest BCUT2D eigenvalue weighted by Gasteiger charge is -2.10. The average Bonchev–Trinajstić information content (AvgIpc) is 2.88. The van der Waals surface area contributed by atoms with E-state index in [4.69, 9.17) is 0 Å². The molecule has 0 saturated carbocycles. The Balaban J connectivity index is 1.89. The van der Waals surface area contributed by atoms with Crippen molar-refractivity contribution in [3.63, 3.8) is 0 Å². The quantitative estimate of drug-likeness (QED) is 0.783. The monoisotopic (exact) mass is 327 g/mol. The van der Waals surface area contributed by atoms with Crippen LogP contribution in [0.15, 0.2) is 71.6 Å². The number of aromatic nitrogens is 2. The van der Waals surface area contributed by atoms with E-state index in [1.807, 2.05) is 37.3 Å². The predicted molar refractivity (Wildman–Crippen MR) is 89.8 cm³/mol. The highest BCUT2D eigenvalue weighted by Gasteiger charge is 2.17. The van der Waals surface area contributed by atoms with E-state index in [9.17, 15) is 8.42 Å². The van der Waals surface area contributed by atoms with Gasteiger partial charge in [0, 0.05) is 6.07 Å². The van der Waals surface area contributed by atoms with E-state index in [2.05, 4.69) is 9.82 Å². The Morgan fingerprint density at radius 3 is 2.26 bits per heavy atom. The zero-order valence-corrected chi connectivity index (χ0v) is 13.5. The minimum Gasteiger partial charge on any atom is -0.264 e. The van der Waals surface area contributed by atoms with Crippen molar-refractivity contribution < 1.29 is 8.42 Å². The highest BCUT2D eigenvalue weighted by Crippen LogP contribution is 2.18. The van der Waals surface area contributed by atoms with Crippen LogP contribution in [0.2, 0.25) is 0 Å². The first-order valence-corrected chi connectivity index (χ1v) is 8.69. The lowest BCUT2D eigenvalue weighted by atomic mass is 10.2. The maximum atomic E-state index is 12.5. The number of aryl methyl sites for hydroxylation is 1. The third kappa shape index (κ3) is 3.60. The van der Waals surface area contributed by atoms with Gasteiger partial charge >= 0.3 is 0 Å². The fraction of sp³-hybridized carbons (Fsp3) is 0.118. The molecular formula is C17H17N3O2S. The van der Waals surface area contributed by atoms with Gasteiger partial charge in [0.15, 0.2) is 0 Å². The van der Waals surface area contributed by atoms with Crippen molar-refractivity contribution in [1.29, 1.82) is 0 Å². The van der Waals surface area contributed by atoms with Gasteiger partial charge < -0.3 is 0 Å². The van der Waals surface area contributed by atoms with Crippen molar-refractivity contribution in [2.75, 3.05) is 4.72 Å². The number of nitrogens with zero attached hydrogens (tertiary/aromatic N) is 2. The zero-order chi connectivity index (χ0) is 16.3. The molecule has 1 heterocycles. The molecule has 0 radical (unpaired) electrons. The smallest absolute Gasteiger partial charge is 0.263 e. The van der Waals surface area contributed by atoms with Gasteiger partial charge in [0.25, 0.3) is 10.0 Å². The molecule has 3 rings (SSSR count). The van der Waals surface area contributed by atoms with Gasteiger partial charge in [0.05, 0.1) is 17.1 Å². The Bertz CT molecular complexity index is 888. The summed E-state index contributed by atoms with van der Waals surface area (Å²) in [6, 6.07) is 19.8. The van der Waals surface area contributed by atoms with Gasteiger partial charge in [-0.1, -0.05) is 48.5 Å². The van der Waals surface area contributed by atoms with Crippen LogP contribution in [0.1, 0.15) is 11.3 Å². The minimum atomic E-state index is -3.63. The third-order valence-electron chi connectivity index (χ3n) is 3.37. The summed E-state index contributed by atoms with van der Waals surface area (Å²) in [6.07, 6.45) is 0.